The van der Waals surface area contributed by atoms with Gasteiger partial charge >= 0.3 is 0 Å². The molecule has 1 heterocycles. The summed E-state index contributed by atoms with van der Waals surface area (Å²) in [5.74, 6) is 0.657. The Bertz CT molecular complexity index is 380. The normalized spacial score (nSPS) is 21.0. The molecule has 1 aliphatic heterocycles. The minimum Gasteiger partial charge on any atom is -0.396 e. The van der Waals surface area contributed by atoms with Gasteiger partial charge in [0.25, 0.3) is 0 Å². The van der Waals surface area contributed by atoms with Gasteiger partial charge in [0, 0.05) is 24.7 Å². The number of aliphatic hydroxyl groups excluding tert-OH is 1. The zero-order chi connectivity index (χ0) is 12.3. The molecule has 1 aliphatic rings. The van der Waals surface area contributed by atoms with E-state index in [0.717, 1.165) is 31.1 Å². The van der Waals surface area contributed by atoms with Crippen molar-refractivity contribution in [2.75, 3.05) is 19.7 Å². The van der Waals surface area contributed by atoms with Gasteiger partial charge in [-0.15, -0.1) is 0 Å². The minimum absolute atomic E-state index is 0.309. The second-order valence-electron chi connectivity index (χ2n) is 5.00. The summed E-state index contributed by atoms with van der Waals surface area (Å²) in [7, 11) is 0. The summed E-state index contributed by atoms with van der Waals surface area (Å²) in [4.78, 5) is 2.43. The van der Waals surface area contributed by atoms with E-state index in [1.807, 2.05) is 6.07 Å². The second kappa shape index (κ2) is 5.85. The van der Waals surface area contributed by atoms with E-state index in [9.17, 15) is 0 Å². The number of benzene rings is 1. The maximum atomic E-state index is 8.94. The maximum Gasteiger partial charge on any atom is 0.0453 e. The number of halogens is 1. The first-order valence-electron chi connectivity index (χ1n) is 6.27. The van der Waals surface area contributed by atoms with Crippen molar-refractivity contribution in [3.63, 3.8) is 0 Å². The molecule has 1 N–H and O–H groups in total. The van der Waals surface area contributed by atoms with Crippen molar-refractivity contribution in [1.82, 2.24) is 4.90 Å². The first-order valence-corrected chi connectivity index (χ1v) is 6.65. The lowest BCUT2D eigenvalue weighted by Gasteiger charge is -2.17. The number of rotatable bonds is 4. The van der Waals surface area contributed by atoms with Gasteiger partial charge in [0.1, 0.15) is 0 Å². The summed E-state index contributed by atoms with van der Waals surface area (Å²) in [6.45, 7) is 5.51. The lowest BCUT2D eigenvalue weighted by molar-refractivity contribution is 0.249. The lowest BCUT2D eigenvalue weighted by Crippen LogP contribution is -2.20. The largest absolute Gasteiger partial charge is 0.396 e. The third-order valence-corrected chi connectivity index (χ3v) is 3.86. The van der Waals surface area contributed by atoms with Gasteiger partial charge in [0.15, 0.2) is 0 Å². The quantitative estimate of drug-likeness (QED) is 0.892. The first-order chi connectivity index (χ1) is 8.19. The molecular formula is C14H20ClNO. The Hall–Kier alpha value is -0.570. The molecule has 1 fully saturated rings. The highest BCUT2D eigenvalue weighted by Gasteiger charge is 2.22. The Balaban J connectivity index is 1.93. The zero-order valence-corrected chi connectivity index (χ0v) is 11.1. The van der Waals surface area contributed by atoms with Crippen LogP contribution in [-0.2, 0) is 6.54 Å². The van der Waals surface area contributed by atoms with Gasteiger partial charge in [-0.3, -0.25) is 4.90 Å². The van der Waals surface area contributed by atoms with Gasteiger partial charge in [-0.1, -0.05) is 23.7 Å². The van der Waals surface area contributed by atoms with Gasteiger partial charge in [0.2, 0.25) is 0 Å². The molecule has 1 aromatic rings. The summed E-state index contributed by atoms with van der Waals surface area (Å²) in [6.07, 6.45) is 2.13. The summed E-state index contributed by atoms with van der Waals surface area (Å²) >= 11 is 6.24. The van der Waals surface area contributed by atoms with E-state index in [1.165, 1.54) is 17.5 Å². The van der Waals surface area contributed by atoms with Crippen molar-refractivity contribution in [2.24, 2.45) is 5.92 Å². The molecule has 0 amide bonds. The molecule has 1 saturated heterocycles. The molecule has 17 heavy (non-hydrogen) atoms. The van der Waals surface area contributed by atoms with Crippen LogP contribution in [-0.4, -0.2) is 29.7 Å². The van der Waals surface area contributed by atoms with Gasteiger partial charge < -0.3 is 5.11 Å². The monoisotopic (exact) mass is 253 g/mol. The standard InChI is InChI=1S/C14H20ClNO/c1-11-2-3-13(14(15)8-11)10-16-6-4-12(9-16)5-7-17/h2-3,8,12,17H,4-7,9-10H2,1H3. The molecule has 1 aromatic carbocycles. The van der Waals surface area contributed by atoms with Crippen molar-refractivity contribution in [1.29, 1.82) is 0 Å². The van der Waals surface area contributed by atoms with E-state index in [-0.39, 0.29) is 0 Å². The molecule has 2 rings (SSSR count). The van der Waals surface area contributed by atoms with Crippen molar-refractivity contribution < 1.29 is 5.11 Å². The Kier molecular flexibility index (Phi) is 4.43. The van der Waals surface area contributed by atoms with Crippen LogP contribution in [0.3, 0.4) is 0 Å². The summed E-state index contributed by atoms with van der Waals surface area (Å²) in [5.41, 5.74) is 2.42. The van der Waals surface area contributed by atoms with Crippen LogP contribution in [0.2, 0.25) is 5.02 Å². The van der Waals surface area contributed by atoms with E-state index >= 15 is 0 Å². The fourth-order valence-corrected chi connectivity index (χ4v) is 2.79. The highest BCUT2D eigenvalue weighted by atomic mass is 35.5. The van der Waals surface area contributed by atoms with Crippen molar-refractivity contribution >= 4 is 11.6 Å². The maximum absolute atomic E-state index is 8.94. The predicted molar refractivity (Wildman–Crippen MR) is 71.3 cm³/mol. The minimum atomic E-state index is 0.309. The SMILES string of the molecule is Cc1ccc(CN2CCC(CCO)C2)c(Cl)c1. The number of hydrogen-bond donors (Lipinski definition) is 1. The molecule has 94 valence electrons. The van der Waals surface area contributed by atoms with Crippen molar-refractivity contribution in [3.05, 3.63) is 34.3 Å². The molecule has 3 heteroatoms. The Labute approximate surface area is 108 Å². The topological polar surface area (TPSA) is 23.5 Å². The van der Waals surface area contributed by atoms with E-state index in [2.05, 4.69) is 24.0 Å². The molecule has 0 spiro atoms. The molecule has 1 unspecified atom stereocenters. The predicted octanol–water partition coefficient (Wildman–Crippen LogP) is 2.85. The number of nitrogens with zero attached hydrogens (tertiary/aromatic N) is 1. The highest BCUT2D eigenvalue weighted by Crippen LogP contribution is 2.24. The fourth-order valence-electron chi connectivity index (χ4n) is 2.50. The third-order valence-electron chi connectivity index (χ3n) is 3.51. The van der Waals surface area contributed by atoms with Crippen molar-refractivity contribution in [3.8, 4) is 0 Å². The van der Waals surface area contributed by atoms with Crippen LogP contribution in [0, 0.1) is 12.8 Å². The lowest BCUT2D eigenvalue weighted by atomic mass is 10.1. The summed E-state index contributed by atoms with van der Waals surface area (Å²) in [5, 5.41) is 9.81. The van der Waals surface area contributed by atoms with Crippen LogP contribution in [0.1, 0.15) is 24.0 Å². The van der Waals surface area contributed by atoms with Crippen LogP contribution >= 0.6 is 11.6 Å². The molecule has 2 nitrogen and oxygen atoms in total. The number of likely N-dealkylation sites (tertiary alicyclic amines) is 1. The van der Waals surface area contributed by atoms with Crippen LogP contribution < -0.4 is 0 Å². The average molecular weight is 254 g/mol. The third kappa shape index (κ3) is 3.44. The number of aliphatic hydroxyl groups is 1. The van der Waals surface area contributed by atoms with Crippen LogP contribution in [0.15, 0.2) is 18.2 Å². The second-order valence-corrected chi connectivity index (χ2v) is 5.40. The van der Waals surface area contributed by atoms with E-state index < -0.39 is 0 Å². The molecule has 0 bridgehead atoms. The Morgan fingerprint density at radius 1 is 1.47 bits per heavy atom. The fraction of sp³-hybridized carbons (Fsp3) is 0.571. The molecule has 0 saturated carbocycles. The van der Waals surface area contributed by atoms with Crippen molar-refractivity contribution in [2.45, 2.75) is 26.3 Å². The summed E-state index contributed by atoms with van der Waals surface area (Å²) < 4.78 is 0. The van der Waals surface area contributed by atoms with E-state index in [0.29, 0.717) is 12.5 Å². The van der Waals surface area contributed by atoms with Gasteiger partial charge in [-0.2, -0.15) is 0 Å². The molecule has 0 aliphatic carbocycles. The highest BCUT2D eigenvalue weighted by molar-refractivity contribution is 6.31. The molecule has 0 aromatic heterocycles. The number of aryl methyl sites for hydroxylation is 1. The van der Waals surface area contributed by atoms with Gasteiger partial charge in [-0.25, -0.2) is 0 Å². The van der Waals surface area contributed by atoms with Crippen LogP contribution in [0.5, 0.6) is 0 Å². The summed E-state index contributed by atoms with van der Waals surface area (Å²) in [6, 6.07) is 6.26. The Morgan fingerprint density at radius 3 is 3.00 bits per heavy atom. The molecule has 1 atom stereocenters. The van der Waals surface area contributed by atoms with Gasteiger partial charge in [-0.05, 0) is 49.4 Å². The Morgan fingerprint density at radius 2 is 2.29 bits per heavy atom. The van der Waals surface area contributed by atoms with E-state index in [1.54, 1.807) is 0 Å². The molecule has 0 radical (unpaired) electrons. The zero-order valence-electron chi connectivity index (χ0n) is 10.3. The van der Waals surface area contributed by atoms with Crippen LogP contribution in [0.25, 0.3) is 0 Å². The average Bonchev–Trinajstić information content (AvgIpc) is 2.71. The van der Waals surface area contributed by atoms with Crippen LogP contribution in [0.4, 0.5) is 0 Å². The van der Waals surface area contributed by atoms with Gasteiger partial charge in [0.05, 0.1) is 0 Å². The molecular weight excluding hydrogens is 234 g/mol. The number of hydrogen-bond acceptors (Lipinski definition) is 2. The smallest absolute Gasteiger partial charge is 0.0453 e. The first kappa shape index (κ1) is 12.9. The van der Waals surface area contributed by atoms with E-state index in [4.69, 9.17) is 16.7 Å².